The number of anilines is 1. The first-order valence-electron chi connectivity index (χ1n) is 8.77. The molecule has 3 N–H and O–H groups in total. The van der Waals surface area contributed by atoms with Gasteiger partial charge in [0.2, 0.25) is 0 Å². The van der Waals surface area contributed by atoms with Gasteiger partial charge in [-0.2, -0.15) is 0 Å². The number of carbonyl (C=O) groups excluding carboxylic acids is 1. The van der Waals surface area contributed by atoms with Crippen molar-refractivity contribution >= 4 is 11.7 Å². The largest absolute Gasteiger partial charge is 0.493 e. The van der Waals surface area contributed by atoms with Gasteiger partial charge in [-0.15, -0.1) is 0 Å². The van der Waals surface area contributed by atoms with Crippen LogP contribution in [-0.4, -0.2) is 37.5 Å². The van der Waals surface area contributed by atoms with Gasteiger partial charge >= 0.3 is 6.03 Å². The molecule has 2 amide bonds. The van der Waals surface area contributed by atoms with Crippen LogP contribution in [0.3, 0.4) is 0 Å². The van der Waals surface area contributed by atoms with Crippen molar-refractivity contribution in [2.24, 2.45) is 0 Å². The van der Waals surface area contributed by atoms with E-state index in [1.807, 2.05) is 42.5 Å². The third kappa shape index (κ3) is 4.46. The molecule has 138 valence electrons. The summed E-state index contributed by atoms with van der Waals surface area (Å²) < 4.78 is 10.9. The van der Waals surface area contributed by atoms with Gasteiger partial charge in [0.15, 0.2) is 11.5 Å². The summed E-state index contributed by atoms with van der Waals surface area (Å²) in [5, 5.41) is 15.5. The molecule has 0 bridgehead atoms. The zero-order valence-electron chi connectivity index (χ0n) is 14.8. The smallest absolute Gasteiger partial charge is 0.319 e. The van der Waals surface area contributed by atoms with Crippen molar-refractivity contribution in [3.63, 3.8) is 0 Å². The number of methoxy groups -OCH3 is 1. The zero-order chi connectivity index (χ0) is 18.4. The molecule has 0 fully saturated rings. The zero-order valence-corrected chi connectivity index (χ0v) is 14.8. The van der Waals surface area contributed by atoms with E-state index < -0.39 is 0 Å². The van der Waals surface area contributed by atoms with Gasteiger partial charge < -0.3 is 25.2 Å². The average molecular weight is 356 g/mol. The number of para-hydroxylation sites is 2. The van der Waals surface area contributed by atoms with E-state index in [-0.39, 0.29) is 12.1 Å². The highest BCUT2D eigenvalue weighted by atomic mass is 16.5. The highest BCUT2D eigenvalue weighted by Crippen LogP contribution is 2.28. The summed E-state index contributed by atoms with van der Waals surface area (Å²) in [4.78, 5) is 12.1. The molecule has 0 spiro atoms. The number of nitrogens with one attached hydrogen (secondary N) is 2. The number of aliphatic hydroxyl groups excluding tert-OH is 1. The summed E-state index contributed by atoms with van der Waals surface area (Å²) in [6, 6.07) is 12.9. The van der Waals surface area contributed by atoms with Crippen molar-refractivity contribution in [3.05, 3.63) is 53.6 Å². The van der Waals surface area contributed by atoms with Crippen molar-refractivity contribution in [1.82, 2.24) is 5.32 Å². The van der Waals surface area contributed by atoms with Gasteiger partial charge in [0.25, 0.3) is 0 Å². The van der Waals surface area contributed by atoms with Crippen LogP contribution in [0.25, 0.3) is 0 Å². The van der Waals surface area contributed by atoms with E-state index in [2.05, 4.69) is 10.6 Å². The van der Waals surface area contributed by atoms with Crippen LogP contribution in [0.5, 0.6) is 11.5 Å². The summed E-state index contributed by atoms with van der Waals surface area (Å²) in [6.07, 6.45) is 1.83. The molecule has 1 unspecified atom stereocenters. The number of hydrogen-bond acceptors (Lipinski definition) is 4. The normalized spacial score (nSPS) is 15.7. The molecule has 0 aliphatic heterocycles. The topological polar surface area (TPSA) is 79.8 Å². The summed E-state index contributed by atoms with van der Waals surface area (Å²) >= 11 is 0. The highest BCUT2D eigenvalue weighted by Gasteiger charge is 2.19. The first-order chi connectivity index (χ1) is 12.7. The Hall–Kier alpha value is -2.73. The van der Waals surface area contributed by atoms with E-state index in [1.54, 1.807) is 7.11 Å². The average Bonchev–Trinajstić information content (AvgIpc) is 2.66. The lowest BCUT2D eigenvalue weighted by Gasteiger charge is -2.23. The second-order valence-corrected chi connectivity index (χ2v) is 6.22. The third-order valence-corrected chi connectivity index (χ3v) is 4.42. The highest BCUT2D eigenvalue weighted by molar-refractivity contribution is 5.90. The third-order valence-electron chi connectivity index (χ3n) is 4.42. The van der Waals surface area contributed by atoms with Crippen LogP contribution in [0.4, 0.5) is 10.5 Å². The van der Waals surface area contributed by atoms with E-state index in [1.165, 1.54) is 5.56 Å². The lowest BCUT2D eigenvalue weighted by molar-refractivity contribution is 0.159. The molecule has 0 aromatic heterocycles. The van der Waals surface area contributed by atoms with Crippen LogP contribution in [0, 0.1) is 0 Å². The lowest BCUT2D eigenvalue weighted by Crippen LogP contribution is -2.33. The molecular weight excluding hydrogens is 332 g/mol. The van der Waals surface area contributed by atoms with E-state index in [0.29, 0.717) is 31.1 Å². The number of urea groups is 1. The van der Waals surface area contributed by atoms with Gasteiger partial charge in [0, 0.05) is 12.1 Å². The molecule has 0 heterocycles. The summed E-state index contributed by atoms with van der Waals surface area (Å²) in [6.45, 7) is 0.695. The lowest BCUT2D eigenvalue weighted by atomic mass is 9.88. The van der Waals surface area contributed by atoms with Gasteiger partial charge in [-0.3, -0.25) is 0 Å². The van der Waals surface area contributed by atoms with Gasteiger partial charge in [0.1, 0.15) is 6.61 Å². The predicted molar refractivity (Wildman–Crippen MR) is 100.0 cm³/mol. The van der Waals surface area contributed by atoms with E-state index in [9.17, 15) is 9.90 Å². The minimum absolute atomic E-state index is 0.290. The summed E-state index contributed by atoms with van der Waals surface area (Å²) in [7, 11) is 1.59. The summed E-state index contributed by atoms with van der Waals surface area (Å²) in [5.41, 5.74) is 2.96. The van der Waals surface area contributed by atoms with Crippen molar-refractivity contribution in [1.29, 1.82) is 0 Å². The monoisotopic (exact) mass is 356 g/mol. The predicted octanol–water partition coefficient (Wildman–Crippen LogP) is 2.75. The standard InChI is InChI=1S/C20H24N2O4/c1-25-18-7-2-3-8-19(18)26-12-11-21-20(24)22-17-6-4-5-14-9-10-15(23)13-16(14)17/h2-8,15,23H,9-13H2,1H3,(H2,21,22,24). The number of benzene rings is 2. The minimum atomic E-state index is -0.345. The maximum absolute atomic E-state index is 12.1. The number of hydrogen-bond donors (Lipinski definition) is 3. The van der Waals surface area contributed by atoms with Crippen LogP contribution in [0.1, 0.15) is 17.5 Å². The maximum atomic E-state index is 12.1. The van der Waals surface area contributed by atoms with E-state index in [0.717, 1.165) is 24.1 Å². The van der Waals surface area contributed by atoms with Crippen LogP contribution >= 0.6 is 0 Å². The van der Waals surface area contributed by atoms with Gasteiger partial charge in [0.05, 0.1) is 19.8 Å². The Morgan fingerprint density at radius 1 is 1.19 bits per heavy atom. The van der Waals surface area contributed by atoms with Crippen LogP contribution in [-0.2, 0) is 12.8 Å². The number of ether oxygens (including phenoxy) is 2. The number of fused-ring (bicyclic) bond motifs is 1. The van der Waals surface area contributed by atoms with Crippen LogP contribution in [0.2, 0.25) is 0 Å². The van der Waals surface area contributed by atoms with Gasteiger partial charge in [-0.25, -0.2) is 4.79 Å². The number of carbonyl (C=O) groups is 1. The second-order valence-electron chi connectivity index (χ2n) is 6.22. The first kappa shape index (κ1) is 18.1. The minimum Gasteiger partial charge on any atom is -0.493 e. The summed E-state index contributed by atoms with van der Waals surface area (Å²) in [5.74, 6) is 1.30. The Bertz CT molecular complexity index is 763. The number of amides is 2. The maximum Gasteiger partial charge on any atom is 0.319 e. The molecule has 1 atom stereocenters. The Labute approximate surface area is 153 Å². The Kier molecular flexibility index (Phi) is 5.96. The number of aryl methyl sites for hydroxylation is 1. The molecule has 2 aromatic carbocycles. The molecule has 0 saturated heterocycles. The number of rotatable bonds is 6. The second kappa shape index (κ2) is 8.58. The van der Waals surface area contributed by atoms with Gasteiger partial charge in [-0.05, 0) is 42.2 Å². The fourth-order valence-electron chi connectivity index (χ4n) is 3.12. The van der Waals surface area contributed by atoms with Crippen LogP contribution < -0.4 is 20.1 Å². The molecule has 1 aliphatic carbocycles. The molecule has 6 nitrogen and oxygen atoms in total. The SMILES string of the molecule is COc1ccccc1OCCNC(=O)Nc1cccc2c1CC(O)CC2. The fraction of sp³-hybridized carbons (Fsp3) is 0.350. The van der Waals surface area contributed by atoms with Gasteiger partial charge in [-0.1, -0.05) is 24.3 Å². The fourth-order valence-corrected chi connectivity index (χ4v) is 3.12. The Morgan fingerprint density at radius 2 is 2.00 bits per heavy atom. The molecule has 0 radical (unpaired) electrons. The molecule has 0 saturated carbocycles. The van der Waals surface area contributed by atoms with Crippen molar-refractivity contribution in [2.75, 3.05) is 25.6 Å². The van der Waals surface area contributed by atoms with Crippen molar-refractivity contribution in [3.8, 4) is 11.5 Å². The van der Waals surface area contributed by atoms with E-state index >= 15 is 0 Å². The molecule has 3 rings (SSSR count). The molecule has 2 aromatic rings. The van der Waals surface area contributed by atoms with Crippen molar-refractivity contribution < 1.29 is 19.4 Å². The van der Waals surface area contributed by atoms with E-state index in [4.69, 9.17) is 9.47 Å². The molecule has 6 heteroatoms. The number of aliphatic hydroxyl groups is 1. The molecule has 1 aliphatic rings. The molecule has 26 heavy (non-hydrogen) atoms. The Balaban J connectivity index is 1.49. The molecular formula is C20H24N2O4. The van der Waals surface area contributed by atoms with Crippen LogP contribution in [0.15, 0.2) is 42.5 Å². The Morgan fingerprint density at radius 3 is 2.81 bits per heavy atom. The quantitative estimate of drug-likeness (QED) is 0.696. The first-order valence-corrected chi connectivity index (χ1v) is 8.77. The van der Waals surface area contributed by atoms with Crippen molar-refractivity contribution in [2.45, 2.75) is 25.4 Å².